The number of carbonyl (C=O) groups is 1. The van der Waals surface area contributed by atoms with Crippen molar-refractivity contribution in [3.63, 3.8) is 0 Å². The van der Waals surface area contributed by atoms with Gasteiger partial charge >= 0.3 is 0 Å². The molecule has 20 heavy (non-hydrogen) atoms. The number of thiophene rings is 1. The average Bonchev–Trinajstić information content (AvgIpc) is 3.13. The van der Waals surface area contributed by atoms with Crippen molar-refractivity contribution in [2.45, 2.75) is 6.10 Å². The molecule has 0 aliphatic heterocycles. The molecule has 3 aromatic rings. The lowest BCUT2D eigenvalue weighted by Gasteiger charge is -2.10. The van der Waals surface area contributed by atoms with Gasteiger partial charge < -0.3 is 14.8 Å². The van der Waals surface area contributed by atoms with Crippen molar-refractivity contribution in [2.24, 2.45) is 0 Å². The molecule has 3 rings (SSSR count). The van der Waals surface area contributed by atoms with Gasteiger partial charge in [0.05, 0.1) is 17.9 Å². The normalized spacial score (nSPS) is 12.4. The van der Waals surface area contributed by atoms with E-state index in [1.807, 2.05) is 29.6 Å². The van der Waals surface area contributed by atoms with Gasteiger partial charge in [-0.25, -0.2) is 0 Å². The monoisotopic (exact) mass is 287 g/mol. The van der Waals surface area contributed by atoms with Gasteiger partial charge in [0.15, 0.2) is 0 Å². The first kappa shape index (κ1) is 12.9. The zero-order valence-corrected chi connectivity index (χ0v) is 11.4. The summed E-state index contributed by atoms with van der Waals surface area (Å²) in [6.07, 6.45) is 2.10. The second-order valence-electron chi connectivity index (χ2n) is 4.43. The Hall–Kier alpha value is -2.11. The molecule has 102 valence electrons. The Morgan fingerprint density at radius 2 is 2.20 bits per heavy atom. The summed E-state index contributed by atoms with van der Waals surface area (Å²) in [4.78, 5) is 11.8. The van der Waals surface area contributed by atoms with Crippen molar-refractivity contribution >= 4 is 27.3 Å². The first-order chi connectivity index (χ1) is 9.75. The van der Waals surface area contributed by atoms with Gasteiger partial charge in [-0.1, -0.05) is 18.2 Å². The van der Waals surface area contributed by atoms with E-state index in [1.54, 1.807) is 17.4 Å². The highest BCUT2D eigenvalue weighted by Gasteiger charge is 2.15. The molecule has 0 aliphatic carbocycles. The second kappa shape index (κ2) is 5.48. The summed E-state index contributed by atoms with van der Waals surface area (Å²) in [5.74, 6) is -0.252. The maximum atomic E-state index is 11.8. The Labute approximate surface area is 119 Å². The summed E-state index contributed by atoms with van der Waals surface area (Å²) in [5.41, 5.74) is 1.30. The molecule has 1 aromatic carbocycles. The topological polar surface area (TPSA) is 62.5 Å². The maximum Gasteiger partial charge on any atom is 0.254 e. The minimum Gasteiger partial charge on any atom is -0.472 e. The Morgan fingerprint density at radius 1 is 1.35 bits per heavy atom. The molecular weight excluding hydrogens is 274 g/mol. The highest BCUT2D eigenvalue weighted by Crippen LogP contribution is 2.29. The fourth-order valence-electron chi connectivity index (χ4n) is 2.05. The van der Waals surface area contributed by atoms with E-state index >= 15 is 0 Å². The lowest BCUT2D eigenvalue weighted by molar-refractivity contribution is 0.0916. The number of fused-ring (bicyclic) bond motifs is 1. The van der Waals surface area contributed by atoms with Gasteiger partial charge in [0, 0.05) is 16.8 Å². The van der Waals surface area contributed by atoms with Gasteiger partial charge in [-0.2, -0.15) is 0 Å². The number of aliphatic hydroxyl groups is 1. The third-order valence-electron chi connectivity index (χ3n) is 3.11. The maximum absolute atomic E-state index is 11.8. The number of carbonyl (C=O) groups excluding carboxylic acids is 1. The quantitative estimate of drug-likeness (QED) is 0.775. The van der Waals surface area contributed by atoms with Crippen molar-refractivity contribution in [2.75, 3.05) is 6.54 Å². The van der Waals surface area contributed by atoms with Gasteiger partial charge in [0.25, 0.3) is 5.91 Å². The number of furan rings is 1. The number of rotatable bonds is 4. The van der Waals surface area contributed by atoms with Crippen LogP contribution in [0.3, 0.4) is 0 Å². The largest absolute Gasteiger partial charge is 0.472 e. The molecule has 1 unspecified atom stereocenters. The molecule has 0 spiro atoms. The van der Waals surface area contributed by atoms with Crippen LogP contribution in [0.5, 0.6) is 0 Å². The van der Waals surface area contributed by atoms with E-state index in [1.165, 1.54) is 12.5 Å². The van der Waals surface area contributed by atoms with E-state index in [0.29, 0.717) is 5.56 Å². The third kappa shape index (κ3) is 2.45. The molecule has 0 saturated carbocycles. The van der Waals surface area contributed by atoms with E-state index in [0.717, 1.165) is 15.6 Å². The molecule has 2 N–H and O–H groups in total. The predicted molar refractivity (Wildman–Crippen MR) is 77.8 cm³/mol. The number of nitrogens with one attached hydrogen (secondary N) is 1. The van der Waals surface area contributed by atoms with E-state index in [2.05, 4.69) is 5.32 Å². The molecule has 0 fully saturated rings. The number of benzene rings is 1. The van der Waals surface area contributed by atoms with E-state index < -0.39 is 6.10 Å². The molecule has 1 amide bonds. The molecule has 0 saturated heterocycles. The fraction of sp³-hybridized carbons (Fsp3) is 0.133. The van der Waals surface area contributed by atoms with Crippen LogP contribution in [0.4, 0.5) is 0 Å². The molecule has 0 aliphatic rings. The van der Waals surface area contributed by atoms with Crippen molar-refractivity contribution in [3.05, 3.63) is 59.4 Å². The summed E-state index contributed by atoms with van der Waals surface area (Å²) in [6, 6.07) is 9.48. The standard InChI is InChI=1S/C15H13NO3S/c17-13(7-16-15(18)10-5-6-19-8-10)12-9-20-14-4-2-1-3-11(12)14/h1-6,8-9,13,17H,7H2,(H,16,18). The van der Waals surface area contributed by atoms with Crippen LogP contribution < -0.4 is 5.32 Å². The molecule has 5 heteroatoms. The molecular formula is C15H13NO3S. The van der Waals surface area contributed by atoms with Crippen LogP contribution in [0.25, 0.3) is 10.1 Å². The van der Waals surface area contributed by atoms with Crippen LogP contribution in [-0.4, -0.2) is 17.6 Å². The highest BCUT2D eigenvalue weighted by molar-refractivity contribution is 7.17. The highest BCUT2D eigenvalue weighted by atomic mass is 32.1. The van der Waals surface area contributed by atoms with Crippen molar-refractivity contribution in [3.8, 4) is 0 Å². The number of aliphatic hydroxyl groups excluding tert-OH is 1. The summed E-state index contributed by atoms with van der Waals surface area (Å²) in [7, 11) is 0. The SMILES string of the molecule is O=C(NCC(O)c1csc2ccccc12)c1ccoc1. The van der Waals surface area contributed by atoms with Crippen LogP contribution >= 0.6 is 11.3 Å². The third-order valence-corrected chi connectivity index (χ3v) is 4.09. The Balaban J connectivity index is 1.70. The first-order valence-electron chi connectivity index (χ1n) is 6.20. The van der Waals surface area contributed by atoms with Gasteiger partial charge in [-0.3, -0.25) is 4.79 Å². The lowest BCUT2D eigenvalue weighted by atomic mass is 10.1. The Bertz CT molecular complexity index is 718. The predicted octanol–water partition coefficient (Wildman–Crippen LogP) is 2.96. The zero-order chi connectivity index (χ0) is 13.9. The molecule has 4 nitrogen and oxygen atoms in total. The summed E-state index contributed by atoms with van der Waals surface area (Å²) in [6.45, 7) is 0.171. The van der Waals surface area contributed by atoms with Crippen molar-refractivity contribution in [1.29, 1.82) is 0 Å². The Kier molecular flexibility index (Phi) is 3.54. The first-order valence-corrected chi connectivity index (χ1v) is 7.08. The van der Waals surface area contributed by atoms with Crippen molar-refractivity contribution in [1.82, 2.24) is 5.32 Å². The van der Waals surface area contributed by atoms with Gasteiger partial charge in [-0.05, 0) is 22.9 Å². The second-order valence-corrected chi connectivity index (χ2v) is 5.34. The summed E-state index contributed by atoms with van der Waals surface area (Å²) < 4.78 is 5.98. The molecule has 0 radical (unpaired) electrons. The molecule has 2 heterocycles. The molecule has 1 atom stereocenters. The van der Waals surface area contributed by atoms with Crippen LogP contribution in [-0.2, 0) is 0 Å². The average molecular weight is 287 g/mol. The van der Waals surface area contributed by atoms with Crippen LogP contribution in [0.1, 0.15) is 22.0 Å². The number of amides is 1. The van der Waals surface area contributed by atoms with E-state index in [-0.39, 0.29) is 12.5 Å². The fourth-order valence-corrected chi connectivity index (χ4v) is 3.06. The number of hydrogen-bond donors (Lipinski definition) is 2. The molecule has 2 aromatic heterocycles. The number of hydrogen-bond acceptors (Lipinski definition) is 4. The van der Waals surface area contributed by atoms with E-state index in [9.17, 15) is 9.90 Å². The van der Waals surface area contributed by atoms with Gasteiger partial charge in [-0.15, -0.1) is 11.3 Å². The summed E-state index contributed by atoms with van der Waals surface area (Å²) in [5, 5.41) is 15.9. The Morgan fingerprint density at radius 3 is 3.00 bits per heavy atom. The van der Waals surface area contributed by atoms with Crippen LogP contribution in [0.15, 0.2) is 52.7 Å². The zero-order valence-electron chi connectivity index (χ0n) is 10.6. The van der Waals surface area contributed by atoms with Crippen LogP contribution in [0.2, 0.25) is 0 Å². The van der Waals surface area contributed by atoms with Gasteiger partial charge in [0.2, 0.25) is 0 Å². The minimum atomic E-state index is -0.720. The molecule has 0 bridgehead atoms. The van der Waals surface area contributed by atoms with Crippen LogP contribution in [0, 0.1) is 0 Å². The minimum absolute atomic E-state index is 0.171. The lowest BCUT2D eigenvalue weighted by Crippen LogP contribution is -2.27. The smallest absolute Gasteiger partial charge is 0.254 e. The van der Waals surface area contributed by atoms with E-state index in [4.69, 9.17) is 4.42 Å². The van der Waals surface area contributed by atoms with Crippen molar-refractivity contribution < 1.29 is 14.3 Å². The summed E-state index contributed by atoms with van der Waals surface area (Å²) >= 11 is 1.59. The van der Waals surface area contributed by atoms with Gasteiger partial charge in [0.1, 0.15) is 6.26 Å².